The minimum Gasteiger partial charge on any atom is -0.453 e. The van der Waals surface area contributed by atoms with E-state index < -0.39 is 35.5 Å². The van der Waals surface area contributed by atoms with E-state index >= 15 is 0 Å². The molecule has 206 valence electrons. The third-order valence-electron chi connectivity index (χ3n) is 5.16. The van der Waals surface area contributed by atoms with Crippen LogP contribution >= 0.6 is 0 Å². The first kappa shape index (κ1) is 28.7. The summed E-state index contributed by atoms with van der Waals surface area (Å²) in [5, 5.41) is 14.3. The minimum absolute atomic E-state index is 0.0369. The Morgan fingerprint density at radius 3 is 2.31 bits per heavy atom. The minimum atomic E-state index is -0.878. The lowest BCUT2D eigenvalue weighted by atomic mass is 10.0. The number of H-pyrrole nitrogens is 1. The van der Waals surface area contributed by atoms with Crippen molar-refractivity contribution in [3.63, 3.8) is 0 Å². The van der Waals surface area contributed by atoms with Gasteiger partial charge >= 0.3 is 18.3 Å². The van der Waals surface area contributed by atoms with Crippen molar-refractivity contribution < 1.29 is 28.6 Å². The fraction of sp³-hybridized carbons (Fsp3) is 0.296. The molecule has 1 heterocycles. The molecule has 0 spiro atoms. The van der Waals surface area contributed by atoms with Crippen LogP contribution in [0.15, 0.2) is 65.5 Å². The molecule has 0 aliphatic carbocycles. The number of carbonyl (C=O) groups excluding carboxylic acids is 3. The van der Waals surface area contributed by atoms with Crippen molar-refractivity contribution in [3.05, 3.63) is 82.3 Å². The largest absolute Gasteiger partial charge is 0.453 e. The summed E-state index contributed by atoms with van der Waals surface area (Å²) in [5.41, 5.74) is 1.11. The van der Waals surface area contributed by atoms with Gasteiger partial charge in [-0.05, 0) is 50.1 Å². The van der Waals surface area contributed by atoms with E-state index in [9.17, 15) is 19.2 Å². The Morgan fingerprint density at radius 2 is 1.67 bits per heavy atom. The van der Waals surface area contributed by atoms with Crippen LogP contribution in [0.2, 0.25) is 0 Å². The van der Waals surface area contributed by atoms with Gasteiger partial charge in [0.2, 0.25) is 0 Å². The van der Waals surface area contributed by atoms with Crippen LogP contribution in [0.1, 0.15) is 38.1 Å². The summed E-state index contributed by atoms with van der Waals surface area (Å²) < 4.78 is 15.2. The number of ether oxygens (including phenoxy) is 3. The molecular weight excluding hydrogens is 506 g/mol. The van der Waals surface area contributed by atoms with Crippen LogP contribution in [0.3, 0.4) is 0 Å². The van der Waals surface area contributed by atoms with Gasteiger partial charge < -0.3 is 24.8 Å². The molecule has 2 aromatic carbocycles. The van der Waals surface area contributed by atoms with Crippen LogP contribution in [0.5, 0.6) is 0 Å². The smallest absolute Gasteiger partial charge is 0.411 e. The third-order valence-corrected chi connectivity index (χ3v) is 5.16. The number of aromatic nitrogens is 2. The normalized spacial score (nSPS) is 11.6. The second-order valence-electron chi connectivity index (χ2n) is 9.37. The highest BCUT2D eigenvalue weighted by atomic mass is 16.6. The van der Waals surface area contributed by atoms with Crippen molar-refractivity contribution in [1.82, 2.24) is 20.8 Å². The molecule has 1 aromatic heterocycles. The molecule has 0 aliphatic rings. The molecule has 1 atom stereocenters. The number of alkyl carbamates (subject to hydrolysis) is 2. The summed E-state index contributed by atoms with van der Waals surface area (Å²) in [6.07, 6.45) is -2.06. The zero-order chi connectivity index (χ0) is 28.4. The number of hydrogen-bond donors (Lipinski definition) is 4. The SMILES string of the molecule is COC(=O)Nc1ccc(-c2cc([C@H](CNC(=O)OC(C)(C)C)NC(=O)OCc3ccccc3)n[nH]c2=O)cc1. The monoisotopic (exact) mass is 537 g/mol. The maximum Gasteiger partial charge on any atom is 0.411 e. The predicted molar refractivity (Wildman–Crippen MR) is 143 cm³/mol. The fourth-order valence-corrected chi connectivity index (χ4v) is 3.35. The van der Waals surface area contributed by atoms with Gasteiger partial charge in [0.25, 0.3) is 5.56 Å². The third kappa shape index (κ3) is 9.18. The highest BCUT2D eigenvalue weighted by Gasteiger charge is 2.22. The number of amides is 3. The van der Waals surface area contributed by atoms with Crippen molar-refractivity contribution in [2.75, 3.05) is 19.0 Å². The molecule has 12 nitrogen and oxygen atoms in total. The van der Waals surface area contributed by atoms with Crippen molar-refractivity contribution in [2.24, 2.45) is 0 Å². The highest BCUT2D eigenvalue weighted by molar-refractivity contribution is 5.85. The molecule has 4 N–H and O–H groups in total. The van der Waals surface area contributed by atoms with E-state index in [0.717, 1.165) is 5.56 Å². The summed E-state index contributed by atoms with van der Waals surface area (Å²) in [6.45, 7) is 5.12. The zero-order valence-electron chi connectivity index (χ0n) is 22.1. The number of nitrogens with zero attached hydrogens (tertiary/aromatic N) is 1. The fourth-order valence-electron chi connectivity index (χ4n) is 3.35. The van der Waals surface area contributed by atoms with Gasteiger partial charge in [-0.1, -0.05) is 42.5 Å². The number of anilines is 1. The Morgan fingerprint density at radius 1 is 0.974 bits per heavy atom. The lowest BCUT2D eigenvalue weighted by Crippen LogP contribution is -2.40. The quantitative estimate of drug-likeness (QED) is 0.312. The van der Waals surface area contributed by atoms with E-state index in [0.29, 0.717) is 11.3 Å². The Kier molecular flexibility index (Phi) is 9.63. The second kappa shape index (κ2) is 13.1. The van der Waals surface area contributed by atoms with Gasteiger partial charge in [-0.15, -0.1) is 0 Å². The highest BCUT2D eigenvalue weighted by Crippen LogP contribution is 2.21. The number of carbonyl (C=O) groups is 3. The van der Waals surface area contributed by atoms with Gasteiger partial charge in [-0.3, -0.25) is 10.1 Å². The van der Waals surface area contributed by atoms with Crippen LogP contribution in [0.25, 0.3) is 11.1 Å². The maximum atomic E-state index is 12.6. The van der Waals surface area contributed by atoms with Crippen LogP contribution in [0.4, 0.5) is 20.1 Å². The van der Waals surface area contributed by atoms with Gasteiger partial charge in [-0.25, -0.2) is 19.5 Å². The van der Waals surface area contributed by atoms with Crippen molar-refractivity contribution >= 4 is 24.0 Å². The summed E-state index contributed by atoms with van der Waals surface area (Å²) in [4.78, 5) is 48.9. The molecule has 3 rings (SSSR count). The Balaban J connectivity index is 1.81. The van der Waals surface area contributed by atoms with Crippen LogP contribution in [0, 0.1) is 0 Å². The van der Waals surface area contributed by atoms with E-state index in [2.05, 4.69) is 30.9 Å². The molecule has 0 saturated heterocycles. The number of benzene rings is 2. The first-order valence-corrected chi connectivity index (χ1v) is 12.0. The summed E-state index contributed by atoms with van der Waals surface area (Å²) >= 11 is 0. The molecule has 0 saturated carbocycles. The molecule has 3 amide bonds. The molecule has 0 aliphatic heterocycles. The van der Waals surface area contributed by atoms with E-state index in [1.807, 2.05) is 30.3 Å². The standard InChI is InChI=1S/C27H31N5O7/c1-27(2,3)39-24(34)28-15-22(30-26(36)38-16-17-8-6-5-7-9-17)21-14-20(23(33)32-31-21)18-10-12-19(13-11-18)29-25(35)37-4/h5-14,22H,15-16H2,1-4H3,(H,28,34)(H,29,35)(H,30,36)(H,32,33)/t22-/m0/s1. The number of rotatable bonds is 8. The number of hydrogen-bond acceptors (Lipinski definition) is 8. The summed E-state index contributed by atoms with van der Waals surface area (Å²) in [6, 6.07) is 16.2. The number of aromatic amines is 1. The van der Waals surface area contributed by atoms with E-state index in [1.165, 1.54) is 13.2 Å². The summed E-state index contributed by atoms with van der Waals surface area (Å²) in [7, 11) is 1.25. The van der Waals surface area contributed by atoms with Crippen molar-refractivity contribution in [1.29, 1.82) is 0 Å². The zero-order valence-corrected chi connectivity index (χ0v) is 22.1. The Labute approximate surface area is 225 Å². The lowest BCUT2D eigenvalue weighted by molar-refractivity contribution is 0.0520. The average Bonchev–Trinajstić information content (AvgIpc) is 2.90. The second-order valence-corrected chi connectivity index (χ2v) is 9.37. The van der Waals surface area contributed by atoms with E-state index in [1.54, 1.807) is 45.0 Å². The van der Waals surface area contributed by atoms with Gasteiger partial charge in [0, 0.05) is 12.2 Å². The van der Waals surface area contributed by atoms with Gasteiger partial charge in [0.15, 0.2) is 0 Å². The first-order chi connectivity index (χ1) is 18.5. The molecule has 0 unspecified atom stereocenters. The molecule has 3 aromatic rings. The van der Waals surface area contributed by atoms with E-state index in [4.69, 9.17) is 9.47 Å². The van der Waals surface area contributed by atoms with Crippen LogP contribution < -0.4 is 21.5 Å². The topological polar surface area (TPSA) is 161 Å². The molecule has 39 heavy (non-hydrogen) atoms. The van der Waals surface area contributed by atoms with Crippen LogP contribution in [-0.2, 0) is 20.8 Å². The average molecular weight is 538 g/mol. The van der Waals surface area contributed by atoms with Gasteiger partial charge in [-0.2, -0.15) is 5.10 Å². The van der Waals surface area contributed by atoms with Crippen molar-refractivity contribution in [2.45, 2.75) is 39.0 Å². The van der Waals surface area contributed by atoms with E-state index in [-0.39, 0.29) is 24.4 Å². The molecular formula is C27H31N5O7. The number of nitrogens with one attached hydrogen (secondary N) is 4. The lowest BCUT2D eigenvalue weighted by Gasteiger charge is -2.22. The summed E-state index contributed by atoms with van der Waals surface area (Å²) in [5.74, 6) is 0. The first-order valence-electron chi connectivity index (χ1n) is 12.0. The Hall–Kier alpha value is -4.87. The molecule has 0 fully saturated rings. The molecule has 0 radical (unpaired) electrons. The Bertz CT molecular complexity index is 1340. The van der Waals surface area contributed by atoms with Gasteiger partial charge in [0.05, 0.1) is 24.4 Å². The predicted octanol–water partition coefficient (Wildman–Crippen LogP) is 4.11. The molecule has 0 bridgehead atoms. The maximum absolute atomic E-state index is 12.6. The van der Waals surface area contributed by atoms with Crippen molar-refractivity contribution in [3.8, 4) is 11.1 Å². The van der Waals surface area contributed by atoms with Gasteiger partial charge in [0.1, 0.15) is 12.2 Å². The molecule has 12 heteroatoms. The number of methoxy groups -OCH3 is 1. The van der Waals surface area contributed by atoms with Crippen LogP contribution in [-0.4, -0.2) is 47.7 Å².